The zero-order valence-electron chi connectivity index (χ0n) is 11.1. The molecule has 1 heterocycles. The Labute approximate surface area is 121 Å². The number of aliphatic hydroxyl groups is 1. The van der Waals surface area contributed by atoms with Crippen LogP contribution in [0.25, 0.3) is 0 Å². The Hall–Kier alpha value is -1.79. The van der Waals surface area contributed by atoms with Crippen LogP contribution in [0.15, 0.2) is 41.7 Å². The van der Waals surface area contributed by atoms with Crippen molar-refractivity contribution in [3.05, 3.63) is 47.8 Å². The minimum atomic E-state index is -0.880. The predicted octanol–water partition coefficient (Wildman–Crippen LogP) is 1.99. The van der Waals surface area contributed by atoms with Crippen molar-refractivity contribution in [2.24, 2.45) is 0 Å². The number of hydrogen-bond donors (Lipinski definition) is 2. The average molecular weight is 292 g/mol. The maximum atomic E-state index is 10.9. The number of carboxylic acids is 1. The fourth-order valence-electron chi connectivity index (χ4n) is 1.72. The second-order valence-corrected chi connectivity index (χ2v) is 5.69. The van der Waals surface area contributed by atoms with E-state index in [0.29, 0.717) is 17.4 Å². The van der Waals surface area contributed by atoms with Crippen LogP contribution in [0.4, 0.5) is 0 Å². The Balaban J connectivity index is 2.22. The predicted molar refractivity (Wildman–Crippen MR) is 76.6 cm³/mol. The lowest BCUT2D eigenvalue weighted by molar-refractivity contribution is -0.136. The van der Waals surface area contributed by atoms with Gasteiger partial charge in [0.1, 0.15) is 5.25 Å². The first-order valence-corrected chi connectivity index (χ1v) is 7.08. The zero-order valence-corrected chi connectivity index (χ0v) is 11.9. The van der Waals surface area contributed by atoms with Gasteiger partial charge in [-0.3, -0.25) is 4.79 Å². The smallest absolute Gasteiger partial charge is 0.316 e. The molecule has 1 unspecified atom stereocenters. The van der Waals surface area contributed by atoms with E-state index >= 15 is 0 Å². The number of aliphatic carboxylic acids is 1. The van der Waals surface area contributed by atoms with Crippen molar-refractivity contribution in [3.8, 4) is 0 Å². The van der Waals surface area contributed by atoms with Gasteiger partial charge in [-0.25, -0.2) is 4.98 Å². The van der Waals surface area contributed by atoms with Gasteiger partial charge >= 0.3 is 5.97 Å². The molecular weight excluding hydrogens is 276 g/mol. The molecule has 0 aliphatic heterocycles. The Bertz CT molecular complexity index is 583. The second-order valence-electron chi connectivity index (χ2n) is 4.38. The van der Waals surface area contributed by atoms with E-state index < -0.39 is 11.2 Å². The average Bonchev–Trinajstić information content (AvgIpc) is 2.82. The monoisotopic (exact) mass is 292 g/mol. The third-order valence-electron chi connectivity index (χ3n) is 2.78. The number of thioether (sulfide) groups is 1. The van der Waals surface area contributed by atoms with Crippen LogP contribution in [0.2, 0.25) is 0 Å². The van der Waals surface area contributed by atoms with E-state index in [9.17, 15) is 9.90 Å². The van der Waals surface area contributed by atoms with Crippen molar-refractivity contribution in [3.63, 3.8) is 0 Å². The van der Waals surface area contributed by atoms with Crippen LogP contribution in [-0.2, 0) is 17.9 Å². The van der Waals surface area contributed by atoms with E-state index in [1.54, 1.807) is 13.1 Å². The second kappa shape index (κ2) is 6.58. The van der Waals surface area contributed by atoms with E-state index in [4.69, 9.17) is 5.11 Å². The molecule has 0 radical (unpaired) electrons. The van der Waals surface area contributed by atoms with E-state index in [-0.39, 0.29) is 6.61 Å². The van der Waals surface area contributed by atoms with Gasteiger partial charge in [0.15, 0.2) is 5.16 Å². The summed E-state index contributed by atoms with van der Waals surface area (Å²) in [6.45, 7) is 2.06. The molecule has 1 aromatic carbocycles. The van der Waals surface area contributed by atoms with Crippen LogP contribution < -0.4 is 0 Å². The van der Waals surface area contributed by atoms with Gasteiger partial charge in [0.05, 0.1) is 12.3 Å². The summed E-state index contributed by atoms with van der Waals surface area (Å²) in [6, 6.07) is 9.83. The zero-order chi connectivity index (χ0) is 14.5. The molecule has 0 fully saturated rings. The Kier molecular flexibility index (Phi) is 4.81. The first kappa shape index (κ1) is 14.6. The maximum absolute atomic E-state index is 10.9. The highest BCUT2D eigenvalue weighted by atomic mass is 32.2. The summed E-state index contributed by atoms with van der Waals surface area (Å²) in [5.74, 6) is -0.880. The topological polar surface area (TPSA) is 75.4 Å². The molecule has 0 saturated heterocycles. The van der Waals surface area contributed by atoms with Gasteiger partial charge in [-0.15, -0.1) is 0 Å². The lowest BCUT2D eigenvalue weighted by Crippen LogP contribution is -2.13. The molecule has 0 saturated carbocycles. The van der Waals surface area contributed by atoms with Crippen molar-refractivity contribution in [2.45, 2.75) is 30.5 Å². The standard InChI is InChI=1S/C14H16N2O3S/c1-10(13(18)19)20-14-15-12(9-17)8-16(14)7-11-5-3-2-4-6-11/h2-6,8,10,17H,7,9H2,1H3,(H,18,19). The molecule has 5 nitrogen and oxygen atoms in total. The normalized spacial score (nSPS) is 12.3. The van der Waals surface area contributed by atoms with Gasteiger partial charge in [-0.1, -0.05) is 42.1 Å². The highest BCUT2D eigenvalue weighted by molar-refractivity contribution is 8.00. The van der Waals surface area contributed by atoms with E-state index in [0.717, 1.165) is 5.56 Å². The highest BCUT2D eigenvalue weighted by Crippen LogP contribution is 2.24. The fraction of sp³-hybridized carbons (Fsp3) is 0.286. The third-order valence-corrected chi connectivity index (χ3v) is 3.87. The Morgan fingerprint density at radius 3 is 2.70 bits per heavy atom. The lowest BCUT2D eigenvalue weighted by Gasteiger charge is -2.09. The first-order chi connectivity index (χ1) is 9.60. The largest absolute Gasteiger partial charge is 0.480 e. The van der Waals surface area contributed by atoms with Crippen molar-refractivity contribution in [2.75, 3.05) is 0 Å². The molecule has 20 heavy (non-hydrogen) atoms. The number of carboxylic acid groups (broad SMARTS) is 1. The molecule has 106 valence electrons. The Morgan fingerprint density at radius 1 is 1.40 bits per heavy atom. The Morgan fingerprint density at radius 2 is 2.10 bits per heavy atom. The van der Waals surface area contributed by atoms with Crippen molar-refractivity contribution < 1.29 is 15.0 Å². The summed E-state index contributed by atoms with van der Waals surface area (Å²) in [5.41, 5.74) is 1.64. The number of rotatable bonds is 6. The molecule has 0 aliphatic carbocycles. The van der Waals surface area contributed by atoms with Crippen molar-refractivity contribution in [1.82, 2.24) is 9.55 Å². The number of aliphatic hydroxyl groups excluding tert-OH is 1. The van der Waals surface area contributed by atoms with Crippen LogP contribution >= 0.6 is 11.8 Å². The van der Waals surface area contributed by atoms with Crippen LogP contribution in [0.3, 0.4) is 0 Å². The minimum Gasteiger partial charge on any atom is -0.480 e. The quantitative estimate of drug-likeness (QED) is 0.796. The summed E-state index contributed by atoms with van der Waals surface area (Å²) in [5, 5.41) is 18.2. The number of imidazole rings is 1. The molecular formula is C14H16N2O3S. The first-order valence-electron chi connectivity index (χ1n) is 6.20. The molecule has 0 spiro atoms. The summed E-state index contributed by atoms with van der Waals surface area (Å²) >= 11 is 1.17. The van der Waals surface area contributed by atoms with Crippen molar-refractivity contribution >= 4 is 17.7 Å². The highest BCUT2D eigenvalue weighted by Gasteiger charge is 2.17. The van der Waals surface area contributed by atoms with Gasteiger partial charge < -0.3 is 14.8 Å². The van der Waals surface area contributed by atoms with E-state index in [1.165, 1.54) is 11.8 Å². The number of aromatic nitrogens is 2. The maximum Gasteiger partial charge on any atom is 0.316 e. The minimum absolute atomic E-state index is 0.156. The van der Waals surface area contributed by atoms with Crippen molar-refractivity contribution in [1.29, 1.82) is 0 Å². The fourth-order valence-corrected chi connectivity index (χ4v) is 2.56. The van der Waals surface area contributed by atoms with E-state index in [1.807, 2.05) is 34.9 Å². The summed E-state index contributed by atoms with van der Waals surface area (Å²) in [4.78, 5) is 15.2. The van der Waals surface area contributed by atoms with Crippen LogP contribution in [0, 0.1) is 0 Å². The molecule has 6 heteroatoms. The van der Waals surface area contributed by atoms with Gasteiger partial charge in [0.25, 0.3) is 0 Å². The van der Waals surface area contributed by atoms with Gasteiger partial charge in [-0.05, 0) is 12.5 Å². The molecule has 2 N–H and O–H groups in total. The molecule has 0 aliphatic rings. The number of benzene rings is 1. The lowest BCUT2D eigenvalue weighted by atomic mass is 10.2. The van der Waals surface area contributed by atoms with Gasteiger partial charge in [0, 0.05) is 12.7 Å². The number of carbonyl (C=O) groups is 1. The molecule has 2 aromatic rings. The van der Waals surface area contributed by atoms with Crippen LogP contribution in [-0.4, -0.2) is 31.0 Å². The molecule has 2 rings (SSSR count). The van der Waals surface area contributed by atoms with Gasteiger partial charge in [-0.2, -0.15) is 0 Å². The molecule has 0 bridgehead atoms. The molecule has 0 amide bonds. The summed E-state index contributed by atoms with van der Waals surface area (Å²) in [6.07, 6.45) is 1.75. The van der Waals surface area contributed by atoms with Crippen LogP contribution in [0.1, 0.15) is 18.2 Å². The number of nitrogens with zero attached hydrogens (tertiary/aromatic N) is 2. The third kappa shape index (κ3) is 3.61. The summed E-state index contributed by atoms with van der Waals surface area (Å²) < 4.78 is 1.87. The van der Waals surface area contributed by atoms with Gasteiger partial charge in [0.2, 0.25) is 0 Å². The summed E-state index contributed by atoms with van der Waals surface area (Å²) in [7, 11) is 0. The molecule has 1 aromatic heterocycles. The number of hydrogen-bond acceptors (Lipinski definition) is 4. The SMILES string of the molecule is CC(Sc1nc(CO)cn1Cc1ccccc1)C(=O)O. The van der Waals surface area contributed by atoms with Crippen LogP contribution in [0.5, 0.6) is 0 Å². The molecule has 1 atom stereocenters. The van der Waals surface area contributed by atoms with E-state index in [2.05, 4.69) is 4.98 Å².